The predicted octanol–water partition coefficient (Wildman–Crippen LogP) is 2.96. The fraction of sp³-hybridized carbons (Fsp3) is 0.500. The van der Waals surface area contributed by atoms with E-state index < -0.39 is 17.7 Å². The van der Waals surface area contributed by atoms with Crippen LogP contribution in [0, 0.1) is 0 Å². The lowest BCUT2D eigenvalue weighted by Gasteiger charge is -2.24. The van der Waals surface area contributed by atoms with Crippen molar-refractivity contribution in [3.8, 4) is 0 Å². The molecule has 0 unspecified atom stereocenters. The molecule has 1 fully saturated rings. The molecule has 1 saturated heterocycles. The van der Waals surface area contributed by atoms with Crippen LogP contribution in [0.2, 0.25) is 0 Å². The van der Waals surface area contributed by atoms with Gasteiger partial charge in [-0.15, -0.1) is 0 Å². The van der Waals surface area contributed by atoms with E-state index in [-0.39, 0.29) is 11.5 Å². The average molecular weight is 287 g/mol. The molecular weight excluding hydrogens is 271 g/mol. The lowest BCUT2D eigenvalue weighted by atomic mass is 9.88. The molecule has 6 heteroatoms. The van der Waals surface area contributed by atoms with Crippen LogP contribution in [-0.4, -0.2) is 26.2 Å². The molecule has 1 aromatic rings. The van der Waals surface area contributed by atoms with Crippen molar-refractivity contribution in [3.05, 3.63) is 34.9 Å². The fourth-order valence-electron chi connectivity index (χ4n) is 2.44. The minimum absolute atomic E-state index is 0.0435. The summed E-state index contributed by atoms with van der Waals surface area (Å²) < 4.78 is 43.3. The third-order valence-corrected chi connectivity index (χ3v) is 3.51. The van der Waals surface area contributed by atoms with Gasteiger partial charge in [0.2, 0.25) is 0 Å². The van der Waals surface area contributed by atoms with Crippen LogP contribution in [0.25, 0.3) is 0 Å². The summed E-state index contributed by atoms with van der Waals surface area (Å²) in [6.45, 7) is 1.54. The van der Waals surface area contributed by atoms with Crippen molar-refractivity contribution in [3.63, 3.8) is 0 Å². The van der Waals surface area contributed by atoms with Gasteiger partial charge in [-0.05, 0) is 55.6 Å². The van der Waals surface area contributed by atoms with Gasteiger partial charge in [-0.25, -0.2) is 4.79 Å². The summed E-state index contributed by atoms with van der Waals surface area (Å²) in [5.74, 6) is -0.701. The van der Waals surface area contributed by atoms with Crippen LogP contribution in [0.1, 0.15) is 40.2 Å². The van der Waals surface area contributed by atoms with Crippen molar-refractivity contribution in [2.24, 2.45) is 0 Å². The van der Waals surface area contributed by atoms with E-state index >= 15 is 0 Å². The Labute approximate surface area is 115 Å². The average Bonchev–Trinajstić information content (AvgIpc) is 2.46. The van der Waals surface area contributed by atoms with Crippen LogP contribution < -0.4 is 5.32 Å². The van der Waals surface area contributed by atoms with Crippen molar-refractivity contribution in [1.82, 2.24) is 5.32 Å². The second kappa shape index (κ2) is 5.83. The van der Waals surface area contributed by atoms with Crippen molar-refractivity contribution >= 4 is 5.97 Å². The highest BCUT2D eigenvalue weighted by Gasteiger charge is 2.32. The third kappa shape index (κ3) is 3.30. The van der Waals surface area contributed by atoms with E-state index in [1.54, 1.807) is 0 Å². The number of carbonyl (C=O) groups is 1. The van der Waals surface area contributed by atoms with Crippen LogP contribution in [0.3, 0.4) is 0 Å². The monoisotopic (exact) mass is 287 g/mol. The lowest BCUT2D eigenvalue weighted by Crippen LogP contribution is -2.27. The number of hydrogen-bond acceptors (Lipinski definition) is 3. The molecule has 110 valence electrons. The largest absolute Gasteiger partial charge is 0.465 e. The van der Waals surface area contributed by atoms with Crippen molar-refractivity contribution in [2.45, 2.75) is 24.9 Å². The molecule has 0 aromatic heterocycles. The minimum Gasteiger partial charge on any atom is -0.465 e. The standard InChI is InChI=1S/C14H16F3NO2/c1-20-13(19)11-6-10(9-2-4-18-5-3-9)7-12(8-11)14(15,16)17/h6-9,18H,2-5H2,1H3. The molecule has 1 heterocycles. The highest BCUT2D eigenvalue weighted by Crippen LogP contribution is 2.34. The van der Waals surface area contributed by atoms with Gasteiger partial charge in [0.1, 0.15) is 0 Å². The van der Waals surface area contributed by atoms with Crippen molar-refractivity contribution < 1.29 is 22.7 Å². The van der Waals surface area contributed by atoms with Crippen LogP contribution in [-0.2, 0) is 10.9 Å². The molecule has 1 aliphatic rings. The Bertz CT molecular complexity index is 494. The normalized spacial score (nSPS) is 17.0. The highest BCUT2D eigenvalue weighted by molar-refractivity contribution is 5.89. The first-order valence-electron chi connectivity index (χ1n) is 6.43. The number of halogens is 3. The number of benzene rings is 1. The fourth-order valence-corrected chi connectivity index (χ4v) is 2.44. The van der Waals surface area contributed by atoms with Crippen molar-refractivity contribution in [1.29, 1.82) is 0 Å². The number of rotatable bonds is 2. The predicted molar refractivity (Wildman–Crippen MR) is 67.6 cm³/mol. The molecule has 0 atom stereocenters. The van der Waals surface area contributed by atoms with Crippen molar-refractivity contribution in [2.75, 3.05) is 20.2 Å². The van der Waals surface area contributed by atoms with E-state index in [1.807, 2.05) is 0 Å². The van der Waals surface area contributed by atoms with Gasteiger partial charge in [0, 0.05) is 0 Å². The van der Waals surface area contributed by atoms with Gasteiger partial charge in [0.25, 0.3) is 0 Å². The number of ether oxygens (including phenoxy) is 1. The zero-order valence-electron chi connectivity index (χ0n) is 11.1. The minimum atomic E-state index is -4.47. The Kier molecular flexibility index (Phi) is 4.32. The van der Waals surface area contributed by atoms with E-state index in [0.29, 0.717) is 5.56 Å². The number of nitrogens with one attached hydrogen (secondary N) is 1. The van der Waals surface area contributed by atoms with Crippen LogP contribution in [0.4, 0.5) is 13.2 Å². The molecular formula is C14H16F3NO2. The number of hydrogen-bond donors (Lipinski definition) is 1. The first kappa shape index (κ1) is 14.8. The van der Waals surface area contributed by atoms with E-state index in [4.69, 9.17) is 0 Å². The molecule has 1 aromatic carbocycles. The molecule has 0 saturated carbocycles. The van der Waals surface area contributed by atoms with E-state index in [9.17, 15) is 18.0 Å². The maximum absolute atomic E-state index is 12.9. The number of piperidine rings is 1. The first-order chi connectivity index (χ1) is 9.41. The number of carbonyl (C=O) groups excluding carboxylic acids is 1. The Morgan fingerprint density at radius 3 is 2.45 bits per heavy atom. The van der Waals surface area contributed by atoms with E-state index in [2.05, 4.69) is 10.1 Å². The molecule has 0 radical (unpaired) electrons. The molecule has 0 amide bonds. The molecule has 1 N–H and O–H groups in total. The van der Waals surface area contributed by atoms with Gasteiger partial charge >= 0.3 is 12.1 Å². The molecule has 2 rings (SSSR count). The quantitative estimate of drug-likeness (QED) is 0.850. The second-order valence-electron chi connectivity index (χ2n) is 4.86. The maximum Gasteiger partial charge on any atom is 0.416 e. The van der Waals surface area contributed by atoms with Crippen LogP contribution >= 0.6 is 0 Å². The maximum atomic E-state index is 12.9. The summed E-state index contributed by atoms with van der Waals surface area (Å²) in [7, 11) is 1.16. The summed E-state index contributed by atoms with van der Waals surface area (Å²) in [6, 6.07) is 3.50. The Hall–Kier alpha value is -1.56. The summed E-state index contributed by atoms with van der Waals surface area (Å²) >= 11 is 0. The van der Waals surface area contributed by atoms with Crippen LogP contribution in [0.5, 0.6) is 0 Å². The third-order valence-electron chi connectivity index (χ3n) is 3.51. The smallest absolute Gasteiger partial charge is 0.416 e. The highest BCUT2D eigenvalue weighted by atomic mass is 19.4. The Balaban J connectivity index is 2.42. The molecule has 0 bridgehead atoms. The zero-order chi connectivity index (χ0) is 14.8. The molecule has 20 heavy (non-hydrogen) atoms. The summed E-state index contributed by atoms with van der Waals surface area (Å²) in [4.78, 5) is 11.5. The molecule has 0 aliphatic carbocycles. The van der Waals surface area contributed by atoms with E-state index in [1.165, 1.54) is 6.07 Å². The summed E-state index contributed by atoms with van der Waals surface area (Å²) in [5.41, 5.74) is -0.286. The number of esters is 1. The zero-order valence-corrected chi connectivity index (χ0v) is 11.1. The van der Waals surface area contributed by atoms with Gasteiger partial charge in [-0.1, -0.05) is 0 Å². The molecule has 1 aliphatic heterocycles. The SMILES string of the molecule is COC(=O)c1cc(C2CCNCC2)cc(C(F)(F)F)c1. The molecule has 3 nitrogen and oxygen atoms in total. The second-order valence-corrected chi connectivity index (χ2v) is 4.86. The van der Waals surface area contributed by atoms with Gasteiger partial charge in [0.15, 0.2) is 0 Å². The van der Waals surface area contributed by atoms with Crippen LogP contribution in [0.15, 0.2) is 18.2 Å². The van der Waals surface area contributed by atoms with E-state index in [0.717, 1.165) is 45.2 Å². The summed E-state index contributed by atoms with van der Waals surface area (Å²) in [6.07, 6.45) is -2.93. The molecule has 0 spiro atoms. The number of alkyl halides is 3. The van der Waals surface area contributed by atoms with Gasteiger partial charge < -0.3 is 10.1 Å². The first-order valence-corrected chi connectivity index (χ1v) is 6.43. The van der Waals surface area contributed by atoms with Gasteiger partial charge in [0.05, 0.1) is 18.2 Å². The van der Waals surface area contributed by atoms with Gasteiger partial charge in [-0.2, -0.15) is 13.2 Å². The Morgan fingerprint density at radius 2 is 1.90 bits per heavy atom. The topological polar surface area (TPSA) is 38.3 Å². The lowest BCUT2D eigenvalue weighted by molar-refractivity contribution is -0.137. The number of methoxy groups -OCH3 is 1. The van der Waals surface area contributed by atoms with Gasteiger partial charge in [-0.3, -0.25) is 0 Å². The Morgan fingerprint density at radius 1 is 1.25 bits per heavy atom. The summed E-state index contributed by atoms with van der Waals surface area (Å²) in [5, 5.41) is 3.16.